The van der Waals surface area contributed by atoms with E-state index in [1.165, 1.54) is 10.6 Å². The summed E-state index contributed by atoms with van der Waals surface area (Å²) in [7, 11) is 0. The second kappa shape index (κ2) is 4.18. The molecule has 0 saturated carbocycles. The maximum Gasteiger partial charge on any atom is 0.238 e. The summed E-state index contributed by atoms with van der Waals surface area (Å²) in [6, 6.07) is 0.291. The summed E-state index contributed by atoms with van der Waals surface area (Å²) >= 11 is 1.68. The van der Waals surface area contributed by atoms with Gasteiger partial charge in [0.25, 0.3) is 0 Å². The molecule has 1 aliphatic heterocycles. The normalized spacial score (nSPS) is 21.6. The van der Waals surface area contributed by atoms with Crippen molar-refractivity contribution >= 4 is 17.7 Å². The largest absolute Gasteiger partial charge is 0.304 e. The second-order valence-electron chi connectivity index (χ2n) is 3.59. The average Bonchev–Trinajstić information content (AvgIpc) is 2.45. The molecule has 1 rings (SSSR count). The van der Waals surface area contributed by atoms with Crippen LogP contribution in [0.2, 0.25) is 0 Å². The molecule has 0 aromatic rings. The number of carbonyl (C=O) groups is 1. The van der Waals surface area contributed by atoms with Crippen LogP contribution in [0.25, 0.3) is 0 Å². The first kappa shape index (κ1) is 10.6. The third kappa shape index (κ3) is 2.08. The molecular formula is C10H17NOS. The maximum atomic E-state index is 11.5. The number of rotatable bonds is 2. The van der Waals surface area contributed by atoms with E-state index in [1.54, 1.807) is 11.8 Å². The van der Waals surface area contributed by atoms with E-state index < -0.39 is 0 Å². The fraction of sp³-hybridized carbons (Fsp3) is 0.700. The minimum atomic E-state index is 0.253. The Kier molecular flexibility index (Phi) is 3.42. The van der Waals surface area contributed by atoms with Crippen LogP contribution in [0.4, 0.5) is 0 Å². The van der Waals surface area contributed by atoms with Gasteiger partial charge in [0.1, 0.15) is 0 Å². The molecule has 0 N–H and O–H groups in total. The van der Waals surface area contributed by atoms with Gasteiger partial charge in [0.2, 0.25) is 5.91 Å². The molecule has 0 aromatic heterocycles. The third-order valence-electron chi connectivity index (χ3n) is 2.23. The van der Waals surface area contributed by atoms with Crippen molar-refractivity contribution in [3.05, 3.63) is 10.6 Å². The fourth-order valence-electron chi connectivity index (χ4n) is 1.38. The molecule has 1 saturated heterocycles. The van der Waals surface area contributed by atoms with E-state index in [0.717, 1.165) is 6.42 Å². The summed E-state index contributed by atoms with van der Waals surface area (Å²) in [6.07, 6.45) is 1.03. The highest BCUT2D eigenvalue weighted by Crippen LogP contribution is 2.33. The molecule has 1 aliphatic rings. The van der Waals surface area contributed by atoms with Gasteiger partial charge in [-0.15, -0.1) is 0 Å². The fourth-order valence-corrected chi connectivity index (χ4v) is 2.63. The van der Waals surface area contributed by atoms with Crippen LogP contribution >= 0.6 is 11.8 Å². The Labute approximate surface area is 84.4 Å². The highest BCUT2D eigenvalue weighted by molar-refractivity contribution is 8.04. The number of hydrogen-bond donors (Lipinski definition) is 0. The van der Waals surface area contributed by atoms with Gasteiger partial charge in [0, 0.05) is 6.04 Å². The smallest absolute Gasteiger partial charge is 0.238 e. The van der Waals surface area contributed by atoms with Gasteiger partial charge in [-0.3, -0.25) is 4.79 Å². The first-order valence-electron chi connectivity index (χ1n) is 4.72. The number of allylic oxidation sites excluding steroid dienone is 1. The van der Waals surface area contributed by atoms with Crippen LogP contribution in [-0.2, 0) is 4.79 Å². The van der Waals surface area contributed by atoms with E-state index in [-0.39, 0.29) is 5.91 Å². The molecule has 1 amide bonds. The van der Waals surface area contributed by atoms with Gasteiger partial charge >= 0.3 is 0 Å². The molecule has 0 unspecified atom stereocenters. The Morgan fingerprint density at radius 3 is 2.69 bits per heavy atom. The molecule has 1 fully saturated rings. The number of hydrogen-bond acceptors (Lipinski definition) is 2. The summed E-state index contributed by atoms with van der Waals surface area (Å²) in [5.74, 6) is 0.869. The van der Waals surface area contributed by atoms with E-state index in [4.69, 9.17) is 0 Å². The van der Waals surface area contributed by atoms with Crippen LogP contribution in [-0.4, -0.2) is 22.6 Å². The molecule has 0 spiro atoms. The van der Waals surface area contributed by atoms with Crippen LogP contribution < -0.4 is 0 Å². The standard InChI is InChI=1S/C10H17NOS/c1-5-8(4)10-11(7(2)3)9(12)6-13-10/h7H,5-6H2,1-4H3. The van der Waals surface area contributed by atoms with Gasteiger partial charge < -0.3 is 4.90 Å². The molecule has 2 nitrogen and oxygen atoms in total. The van der Waals surface area contributed by atoms with Crippen molar-refractivity contribution in [2.45, 2.75) is 40.2 Å². The monoisotopic (exact) mass is 199 g/mol. The Morgan fingerprint density at radius 1 is 1.62 bits per heavy atom. The molecule has 3 heteroatoms. The third-order valence-corrected chi connectivity index (χ3v) is 3.44. The second-order valence-corrected chi connectivity index (χ2v) is 4.55. The Morgan fingerprint density at radius 2 is 2.23 bits per heavy atom. The molecule has 0 aliphatic carbocycles. The lowest BCUT2D eigenvalue weighted by Gasteiger charge is -2.23. The van der Waals surface area contributed by atoms with Crippen molar-refractivity contribution in [3.63, 3.8) is 0 Å². The Hall–Kier alpha value is -0.440. The molecule has 0 radical (unpaired) electrons. The van der Waals surface area contributed by atoms with Crippen molar-refractivity contribution in [3.8, 4) is 0 Å². The lowest BCUT2D eigenvalue weighted by molar-refractivity contribution is -0.126. The van der Waals surface area contributed by atoms with E-state index in [0.29, 0.717) is 11.8 Å². The first-order valence-corrected chi connectivity index (χ1v) is 5.71. The van der Waals surface area contributed by atoms with E-state index in [2.05, 4.69) is 27.7 Å². The van der Waals surface area contributed by atoms with E-state index >= 15 is 0 Å². The van der Waals surface area contributed by atoms with Crippen molar-refractivity contribution in [1.82, 2.24) is 4.90 Å². The Balaban J connectivity index is 2.94. The van der Waals surface area contributed by atoms with Crippen LogP contribution in [0, 0.1) is 0 Å². The zero-order chi connectivity index (χ0) is 10.0. The average molecular weight is 199 g/mol. The van der Waals surface area contributed by atoms with E-state index in [1.807, 2.05) is 4.90 Å². The topological polar surface area (TPSA) is 20.3 Å². The summed E-state index contributed by atoms with van der Waals surface area (Å²) < 4.78 is 0. The summed E-state index contributed by atoms with van der Waals surface area (Å²) in [5.41, 5.74) is 1.32. The van der Waals surface area contributed by atoms with Gasteiger partial charge in [0.15, 0.2) is 0 Å². The molecule has 74 valence electrons. The predicted octanol–water partition coefficient (Wildman–Crippen LogP) is 2.61. The van der Waals surface area contributed by atoms with Gasteiger partial charge in [-0.25, -0.2) is 0 Å². The van der Waals surface area contributed by atoms with Crippen molar-refractivity contribution < 1.29 is 4.79 Å². The summed E-state index contributed by atoms with van der Waals surface area (Å²) in [5, 5.41) is 1.18. The van der Waals surface area contributed by atoms with Crippen LogP contribution in [0.1, 0.15) is 34.1 Å². The summed E-state index contributed by atoms with van der Waals surface area (Å²) in [4.78, 5) is 13.4. The quantitative estimate of drug-likeness (QED) is 0.681. The van der Waals surface area contributed by atoms with Gasteiger partial charge in [0.05, 0.1) is 10.8 Å². The predicted molar refractivity (Wildman–Crippen MR) is 57.4 cm³/mol. The minimum Gasteiger partial charge on any atom is -0.304 e. The van der Waals surface area contributed by atoms with Crippen LogP contribution in [0.3, 0.4) is 0 Å². The zero-order valence-corrected chi connectivity index (χ0v) is 9.57. The van der Waals surface area contributed by atoms with Gasteiger partial charge in [-0.1, -0.05) is 18.7 Å². The van der Waals surface area contributed by atoms with Crippen molar-refractivity contribution in [2.24, 2.45) is 0 Å². The summed E-state index contributed by atoms with van der Waals surface area (Å²) in [6.45, 7) is 8.36. The minimum absolute atomic E-state index is 0.253. The Bertz CT molecular complexity index is 245. The number of nitrogens with zero attached hydrogens (tertiary/aromatic N) is 1. The van der Waals surface area contributed by atoms with Gasteiger partial charge in [-0.05, 0) is 32.8 Å². The highest BCUT2D eigenvalue weighted by Gasteiger charge is 2.29. The lowest BCUT2D eigenvalue weighted by atomic mass is 10.2. The number of amides is 1. The van der Waals surface area contributed by atoms with Crippen LogP contribution in [0.5, 0.6) is 0 Å². The van der Waals surface area contributed by atoms with Crippen molar-refractivity contribution in [1.29, 1.82) is 0 Å². The lowest BCUT2D eigenvalue weighted by Crippen LogP contribution is -2.31. The van der Waals surface area contributed by atoms with Gasteiger partial charge in [-0.2, -0.15) is 0 Å². The molecule has 13 heavy (non-hydrogen) atoms. The van der Waals surface area contributed by atoms with Crippen molar-refractivity contribution in [2.75, 3.05) is 5.75 Å². The maximum absolute atomic E-state index is 11.5. The highest BCUT2D eigenvalue weighted by atomic mass is 32.2. The molecule has 1 heterocycles. The molecule has 0 atom stereocenters. The number of thioether (sulfide) groups is 1. The number of carbonyl (C=O) groups excluding carboxylic acids is 1. The zero-order valence-electron chi connectivity index (χ0n) is 8.76. The van der Waals surface area contributed by atoms with Crippen LogP contribution in [0.15, 0.2) is 10.6 Å². The van der Waals surface area contributed by atoms with E-state index in [9.17, 15) is 4.79 Å². The molecule has 0 aromatic carbocycles. The molecule has 0 bridgehead atoms. The SMILES string of the molecule is CCC(C)=C1SCC(=O)N1C(C)C. The molecular weight excluding hydrogens is 182 g/mol. The first-order chi connectivity index (χ1) is 6.07.